The third kappa shape index (κ3) is 6.36. The number of hydrogen-bond acceptors (Lipinski definition) is 4. The number of carbonyl (C=O) groups is 3. The van der Waals surface area contributed by atoms with Crippen LogP contribution in [0.1, 0.15) is 60.5 Å². The minimum atomic E-state index is -0.554. The largest absolute Gasteiger partial charge is 0.338 e. The van der Waals surface area contributed by atoms with Gasteiger partial charge in [0, 0.05) is 12.6 Å². The van der Waals surface area contributed by atoms with Gasteiger partial charge in [-0.25, -0.2) is 4.79 Å². The van der Waals surface area contributed by atoms with Gasteiger partial charge >= 0.3 is 12.0 Å². The SMILES string of the molecule is CC(=O)ON(C(=O)c1ccc(-c2ccccc2)cc1NC(=O)Nc1c(C)cccc1C)C1CCCCC1. The van der Waals surface area contributed by atoms with E-state index in [1.807, 2.05) is 68.4 Å². The van der Waals surface area contributed by atoms with Crippen LogP contribution in [-0.2, 0) is 9.63 Å². The van der Waals surface area contributed by atoms with Crippen LogP contribution >= 0.6 is 0 Å². The standard InChI is InChI=1S/C30H33N3O4/c1-20-11-10-12-21(2)28(20)32-30(36)31-27-19-24(23-13-6-4-7-14-23)17-18-26(27)29(35)33(37-22(3)34)25-15-8-5-9-16-25/h4,6-7,10-14,17-19,25H,5,8-9,15-16H2,1-3H3,(H2,31,32,36). The fourth-order valence-corrected chi connectivity index (χ4v) is 4.78. The Morgan fingerprint density at radius 1 is 0.811 bits per heavy atom. The Labute approximate surface area is 217 Å². The number of nitrogens with one attached hydrogen (secondary N) is 2. The molecular formula is C30H33N3O4. The number of aryl methyl sites for hydroxylation is 2. The summed E-state index contributed by atoms with van der Waals surface area (Å²) in [6.07, 6.45) is 4.54. The van der Waals surface area contributed by atoms with E-state index in [0.29, 0.717) is 5.69 Å². The number of nitrogens with zero attached hydrogens (tertiary/aromatic N) is 1. The zero-order valence-corrected chi connectivity index (χ0v) is 21.5. The molecule has 3 amide bonds. The Balaban J connectivity index is 1.69. The quantitative estimate of drug-likeness (QED) is 0.375. The van der Waals surface area contributed by atoms with E-state index >= 15 is 0 Å². The molecule has 1 saturated carbocycles. The van der Waals surface area contributed by atoms with Gasteiger partial charge in [0.15, 0.2) is 0 Å². The van der Waals surface area contributed by atoms with Crippen molar-refractivity contribution in [1.82, 2.24) is 5.06 Å². The molecule has 7 heteroatoms. The van der Waals surface area contributed by atoms with E-state index in [9.17, 15) is 14.4 Å². The molecule has 0 spiro atoms. The maximum atomic E-state index is 13.8. The van der Waals surface area contributed by atoms with Crippen molar-refractivity contribution < 1.29 is 19.2 Å². The van der Waals surface area contributed by atoms with Gasteiger partial charge in [0.05, 0.1) is 17.3 Å². The first-order chi connectivity index (χ1) is 17.8. The third-order valence-corrected chi connectivity index (χ3v) is 6.66. The lowest BCUT2D eigenvalue weighted by molar-refractivity contribution is -0.185. The van der Waals surface area contributed by atoms with Crippen LogP contribution in [0.15, 0.2) is 66.7 Å². The number of benzene rings is 3. The molecule has 4 rings (SSSR count). The molecule has 0 aliphatic heterocycles. The minimum Gasteiger partial charge on any atom is -0.338 e. The first-order valence-electron chi connectivity index (χ1n) is 12.7. The van der Waals surface area contributed by atoms with Crippen LogP contribution in [0, 0.1) is 13.8 Å². The number of carbonyl (C=O) groups excluding carboxylic acids is 3. The Morgan fingerprint density at radius 3 is 2.14 bits per heavy atom. The Kier molecular flexibility index (Phi) is 8.23. The van der Waals surface area contributed by atoms with Crippen LogP contribution in [0.3, 0.4) is 0 Å². The van der Waals surface area contributed by atoms with E-state index in [0.717, 1.165) is 60.0 Å². The zero-order chi connectivity index (χ0) is 26.4. The van der Waals surface area contributed by atoms with Crippen LogP contribution < -0.4 is 10.6 Å². The fourth-order valence-electron chi connectivity index (χ4n) is 4.78. The van der Waals surface area contributed by atoms with Gasteiger partial charge in [-0.3, -0.25) is 9.59 Å². The predicted molar refractivity (Wildman–Crippen MR) is 145 cm³/mol. The van der Waals surface area contributed by atoms with Gasteiger partial charge in [-0.1, -0.05) is 73.9 Å². The normalized spacial score (nSPS) is 13.5. The molecule has 0 bridgehead atoms. The topological polar surface area (TPSA) is 87.7 Å². The lowest BCUT2D eigenvalue weighted by Crippen LogP contribution is -2.42. The van der Waals surface area contributed by atoms with E-state index < -0.39 is 17.9 Å². The first-order valence-corrected chi connectivity index (χ1v) is 12.7. The molecule has 1 aliphatic carbocycles. The summed E-state index contributed by atoms with van der Waals surface area (Å²) >= 11 is 0. The van der Waals surface area contributed by atoms with E-state index in [1.54, 1.807) is 12.1 Å². The molecule has 2 N–H and O–H groups in total. The molecule has 0 heterocycles. The van der Waals surface area contributed by atoms with Crippen molar-refractivity contribution in [3.63, 3.8) is 0 Å². The number of para-hydroxylation sites is 1. The highest BCUT2D eigenvalue weighted by Crippen LogP contribution is 2.30. The summed E-state index contributed by atoms with van der Waals surface area (Å²) < 4.78 is 0. The van der Waals surface area contributed by atoms with E-state index in [4.69, 9.17) is 4.84 Å². The molecule has 0 radical (unpaired) electrons. The number of urea groups is 1. The van der Waals surface area contributed by atoms with Gasteiger partial charge in [-0.05, 0) is 61.1 Å². The lowest BCUT2D eigenvalue weighted by atomic mass is 9.94. The van der Waals surface area contributed by atoms with Crippen LogP contribution in [0.5, 0.6) is 0 Å². The van der Waals surface area contributed by atoms with Crippen molar-refractivity contribution in [2.75, 3.05) is 10.6 Å². The van der Waals surface area contributed by atoms with Crippen LogP contribution in [-0.4, -0.2) is 29.0 Å². The predicted octanol–water partition coefficient (Wildman–Crippen LogP) is 6.87. The van der Waals surface area contributed by atoms with Crippen molar-refractivity contribution in [3.8, 4) is 11.1 Å². The van der Waals surface area contributed by atoms with E-state index in [1.165, 1.54) is 12.0 Å². The van der Waals surface area contributed by atoms with Gasteiger partial charge in [0.2, 0.25) is 0 Å². The van der Waals surface area contributed by atoms with Crippen molar-refractivity contribution in [1.29, 1.82) is 0 Å². The van der Waals surface area contributed by atoms with Crippen LogP contribution in [0.25, 0.3) is 11.1 Å². The second-order valence-corrected chi connectivity index (χ2v) is 9.48. The van der Waals surface area contributed by atoms with E-state index in [-0.39, 0.29) is 11.6 Å². The number of hydroxylamine groups is 2. The van der Waals surface area contributed by atoms with Gasteiger partial charge in [0.25, 0.3) is 5.91 Å². The van der Waals surface area contributed by atoms with Gasteiger partial charge < -0.3 is 15.5 Å². The third-order valence-electron chi connectivity index (χ3n) is 6.66. The Bertz CT molecular complexity index is 1260. The maximum Gasteiger partial charge on any atom is 0.329 e. The monoisotopic (exact) mass is 499 g/mol. The summed E-state index contributed by atoms with van der Waals surface area (Å²) in [6.45, 7) is 5.14. The molecule has 7 nitrogen and oxygen atoms in total. The van der Waals surface area contributed by atoms with Crippen molar-refractivity contribution in [3.05, 3.63) is 83.4 Å². The fraction of sp³-hybridized carbons (Fsp3) is 0.300. The number of amides is 3. The molecule has 0 saturated heterocycles. The van der Waals surface area contributed by atoms with Crippen molar-refractivity contribution >= 4 is 29.3 Å². The highest BCUT2D eigenvalue weighted by atomic mass is 16.7. The molecule has 0 aromatic heterocycles. The molecule has 3 aromatic carbocycles. The van der Waals surface area contributed by atoms with Gasteiger partial charge in [0.1, 0.15) is 0 Å². The molecule has 192 valence electrons. The average Bonchev–Trinajstić information content (AvgIpc) is 2.90. The first kappa shape index (κ1) is 25.9. The highest BCUT2D eigenvalue weighted by molar-refractivity contribution is 6.07. The molecule has 0 atom stereocenters. The number of rotatable bonds is 5. The second-order valence-electron chi connectivity index (χ2n) is 9.48. The van der Waals surface area contributed by atoms with Crippen molar-refractivity contribution in [2.24, 2.45) is 0 Å². The summed E-state index contributed by atoms with van der Waals surface area (Å²) in [6, 6.07) is 20.1. The van der Waals surface area contributed by atoms with Gasteiger partial charge in [-0.15, -0.1) is 0 Å². The van der Waals surface area contributed by atoms with Gasteiger partial charge in [-0.2, -0.15) is 5.06 Å². The minimum absolute atomic E-state index is 0.199. The summed E-state index contributed by atoms with van der Waals surface area (Å²) in [4.78, 5) is 44.2. The molecule has 1 aliphatic rings. The molecule has 37 heavy (non-hydrogen) atoms. The molecule has 0 unspecified atom stereocenters. The zero-order valence-electron chi connectivity index (χ0n) is 21.5. The molecule has 3 aromatic rings. The average molecular weight is 500 g/mol. The number of anilines is 2. The van der Waals surface area contributed by atoms with E-state index in [2.05, 4.69) is 10.6 Å². The summed E-state index contributed by atoms with van der Waals surface area (Å²) in [5.74, 6) is -1.01. The lowest BCUT2D eigenvalue weighted by Gasteiger charge is -2.32. The summed E-state index contributed by atoms with van der Waals surface area (Å²) in [5.41, 5.74) is 4.97. The second kappa shape index (κ2) is 11.7. The van der Waals surface area contributed by atoms with Crippen LogP contribution in [0.2, 0.25) is 0 Å². The maximum absolute atomic E-state index is 13.8. The number of hydrogen-bond donors (Lipinski definition) is 2. The smallest absolute Gasteiger partial charge is 0.329 e. The Morgan fingerprint density at radius 2 is 1.49 bits per heavy atom. The Hall–Kier alpha value is -4.13. The van der Waals surface area contributed by atoms with Crippen molar-refractivity contribution in [2.45, 2.75) is 58.9 Å². The summed E-state index contributed by atoms with van der Waals surface area (Å²) in [7, 11) is 0. The highest BCUT2D eigenvalue weighted by Gasteiger charge is 2.31. The summed E-state index contributed by atoms with van der Waals surface area (Å²) in [5, 5.41) is 7.00. The molecule has 1 fully saturated rings. The molecular weight excluding hydrogens is 466 g/mol. The van der Waals surface area contributed by atoms with Crippen LogP contribution in [0.4, 0.5) is 16.2 Å².